The summed E-state index contributed by atoms with van der Waals surface area (Å²) in [5.74, 6) is -1.02. The van der Waals surface area contributed by atoms with Gasteiger partial charge >= 0.3 is 0 Å². The second-order valence-corrected chi connectivity index (χ2v) is 4.36. The Bertz CT molecular complexity index is 325. The minimum atomic E-state index is -0.743. The van der Waals surface area contributed by atoms with Gasteiger partial charge in [0.25, 0.3) is 0 Å². The fraction of sp³-hybridized carbons (Fsp3) is 0.538. The van der Waals surface area contributed by atoms with Gasteiger partial charge in [-0.05, 0) is 36.5 Å². The molecule has 0 nitrogen and oxygen atoms in total. The molecule has 15 heavy (non-hydrogen) atoms. The van der Waals surface area contributed by atoms with E-state index in [-0.39, 0.29) is 0 Å². The van der Waals surface area contributed by atoms with Gasteiger partial charge in [-0.3, -0.25) is 0 Å². The van der Waals surface area contributed by atoms with Crippen molar-refractivity contribution < 1.29 is 8.78 Å². The van der Waals surface area contributed by atoms with E-state index in [9.17, 15) is 8.78 Å². The van der Waals surface area contributed by atoms with Gasteiger partial charge in [0.1, 0.15) is 0 Å². The third-order valence-electron chi connectivity index (χ3n) is 3.27. The van der Waals surface area contributed by atoms with Crippen molar-refractivity contribution in [3.8, 4) is 0 Å². The fourth-order valence-corrected chi connectivity index (χ4v) is 2.38. The maximum Gasteiger partial charge on any atom is 0.159 e. The van der Waals surface area contributed by atoms with Gasteiger partial charge in [0, 0.05) is 0 Å². The van der Waals surface area contributed by atoms with Crippen LogP contribution in [0.3, 0.4) is 0 Å². The molecule has 0 N–H and O–H groups in total. The highest BCUT2D eigenvalue weighted by Gasteiger charge is 2.15. The molecule has 1 aliphatic carbocycles. The minimum Gasteiger partial charge on any atom is -0.204 e. The van der Waals surface area contributed by atoms with Crippen LogP contribution in [-0.4, -0.2) is 0 Å². The molecular formula is C13H16F2. The summed E-state index contributed by atoms with van der Waals surface area (Å²) in [6, 6.07) is 4.34. The van der Waals surface area contributed by atoms with Crippen LogP contribution < -0.4 is 0 Å². The van der Waals surface area contributed by atoms with Gasteiger partial charge < -0.3 is 0 Å². The summed E-state index contributed by atoms with van der Waals surface area (Å²) in [6.45, 7) is 0. The van der Waals surface area contributed by atoms with E-state index < -0.39 is 11.6 Å². The van der Waals surface area contributed by atoms with E-state index in [0.29, 0.717) is 5.92 Å². The molecule has 82 valence electrons. The summed E-state index contributed by atoms with van der Waals surface area (Å²) in [5, 5.41) is 0. The molecule has 0 aliphatic heterocycles. The largest absolute Gasteiger partial charge is 0.204 e. The van der Waals surface area contributed by atoms with E-state index in [0.717, 1.165) is 18.4 Å². The Balaban J connectivity index is 2.16. The molecule has 0 aromatic heterocycles. The zero-order valence-electron chi connectivity index (χ0n) is 8.81. The second-order valence-electron chi connectivity index (χ2n) is 4.36. The fourth-order valence-electron chi connectivity index (χ4n) is 2.38. The highest BCUT2D eigenvalue weighted by Crippen LogP contribution is 2.31. The molecule has 2 rings (SSSR count). The summed E-state index contributed by atoms with van der Waals surface area (Å²) in [5.41, 5.74) is 0.968. The van der Waals surface area contributed by atoms with E-state index in [2.05, 4.69) is 0 Å². The van der Waals surface area contributed by atoms with E-state index in [1.807, 2.05) is 0 Å². The molecule has 1 aromatic carbocycles. The lowest BCUT2D eigenvalue weighted by Crippen LogP contribution is -1.98. The molecule has 1 saturated carbocycles. The van der Waals surface area contributed by atoms with E-state index in [1.54, 1.807) is 6.07 Å². The molecule has 0 radical (unpaired) electrons. The van der Waals surface area contributed by atoms with Crippen LogP contribution in [0.2, 0.25) is 0 Å². The lowest BCUT2D eigenvalue weighted by molar-refractivity contribution is 0.501. The van der Waals surface area contributed by atoms with E-state index in [4.69, 9.17) is 0 Å². The zero-order chi connectivity index (χ0) is 10.7. The molecule has 0 atom stereocenters. The first kappa shape index (κ1) is 10.6. The van der Waals surface area contributed by atoms with Crippen LogP contribution in [0.25, 0.3) is 0 Å². The number of benzene rings is 1. The average Bonchev–Trinajstić information content (AvgIpc) is 2.50. The molecule has 0 bridgehead atoms. The van der Waals surface area contributed by atoms with Crippen LogP contribution >= 0.6 is 0 Å². The molecule has 0 saturated heterocycles. The van der Waals surface area contributed by atoms with Gasteiger partial charge in [-0.25, -0.2) is 8.78 Å². The monoisotopic (exact) mass is 210 g/mol. The first-order chi connectivity index (χ1) is 7.27. The zero-order valence-corrected chi connectivity index (χ0v) is 8.81. The Morgan fingerprint density at radius 2 is 1.53 bits per heavy atom. The Morgan fingerprint density at radius 3 is 2.13 bits per heavy atom. The molecule has 1 aliphatic rings. The predicted octanol–water partition coefficient (Wildman–Crippen LogP) is 4.40. The molecule has 1 aromatic rings. The first-order valence-electron chi connectivity index (χ1n) is 5.72. The maximum atomic E-state index is 13.1. The maximum absolute atomic E-state index is 13.1. The number of halogens is 2. The smallest absolute Gasteiger partial charge is 0.159 e. The van der Waals surface area contributed by atoms with Crippen molar-refractivity contribution in [2.24, 2.45) is 0 Å². The molecule has 1 fully saturated rings. The van der Waals surface area contributed by atoms with Crippen molar-refractivity contribution in [1.29, 1.82) is 0 Å². The van der Waals surface area contributed by atoms with Crippen molar-refractivity contribution in [3.63, 3.8) is 0 Å². The van der Waals surface area contributed by atoms with Gasteiger partial charge in [-0.1, -0.05) is 31.7 Å². The van der Waals surface area contributed by atoms with Gasteiger partial charge in [-0.15, -0.1) is 0 Å². The van der Waals surface area contributed by atoms with Crippen molar-refractivity contribution in [2.45, 2.75) is 44.4 Å². The molecule has 2 heteroatoms. The van der Waals surface area contributed by atoms with Gasteiger partial charge in [-0.2, -0.15) is 0 Å². The van der Waals surface area contributed by atoms with Crippen molar-refractivity contribution in [2.75, 3.05) is 0 Å². The summed E-state index contributed by atoms with van der Waals surface area (Å²) in [4.78, 5) is 0. The summed E-state index contributed by atoms with van der Waals surface area (Å²) in [7, 11) is 0. The minimum absolute atomic E-state index is 0.433. The Labute approximate surface area is 89.3 Å². The first-order valence-corrected chi connectivity index (χ1v) is 5.72. The normalized spacial score (nSPS) is 18.8. The van der Waals surface area contributed by atoms with Crippen LogP contribution in [-0.2, 0) is 0 Å². The Morgan fingerprint density at radius 1 is 0.867 bits per heavy atom. The Hall–Kier alpha value is -0.920. The number of hydrogen-bond acceptors (Lipinski definition) is 0. The summed E-state index contributed by atoms with van der Waals surface area (Å²) in [6.07, 6.45) is 7.21. The second kappa shape index (κ2) is 4.73. The highest BCUT2D eigenvalue weighted by atomic mass is 19.2. The summed E-state index contributed by atoms with van der Waals surface area (Å²) < 4.78 is 25.8. The van der Waals surface area contributed by atoms with Crippen molar-refractivity contribution >= 4 is 0 Å². The third-order valence-corrected chi connectivity index (χ3v) is 3.27. The highest BCUT2D eigenvalue weighted by molar-refractivity contribution is 5.21. The van der Waals surface area contributed by atoms with Crippen molar-refractivity contribution in [3.05, 3.63) is 35.4 Å². The van der Waals surface area contributed by atoms with Gasteiger partial charge in [0.15, 0.2) is 11.6 Å². The van der Waals surface area contributed by atoms with E-state index in [1.165, 1.54) is 37.8 Å². The van der Waals surface area contributed by atoms with Crippen LogP contribution in [0.5, 0.6) is 0 Å². The van der Waals surface area contributed by atoms with Crippen LogP contribution in [0.15, 0.2) is 18.2 Å². The standard InChI is InChI=1S/C13H16F2/c14-12-8-7-11(9-13(12)15)10-5-3-1-2-4-6-10/h7-10H,1-6H2. The van der Waals surface area contributed by atoms with Gasteiger partial charge in [0.2, 0.25) is 0 Å². The van der Waals surface area contributed by atoms with Crippen LogP contribution in [0, 0.1) is 11.6 Å². The molecular weight excluding hydrogens is 194 g/mol. The quantitative estimate of drug-likeness (QED) is 0.602. The van der Waals surface area contributed by atoms with Gasteiger partial charge in [0.05, 0.1) is 0 Å². The van der Waals surface area contributed by atoms with Crippen LogP contribution in [0.1, 0.15) is 50.0 Å². The average molecular weight is 210 g/mol. The molecule has 0 unspecified atom stereocenters. The molecule has 0 heterocycles. The third kappa shape index (κ3) is 2.55. The topological polar surface area (TPSA) is 0 Å². The van der Waals surface area contributed by atoms with E-state index >= 15 is 0 Å². The van der Waals surface area contributed by atoms with Crippen LogP contribution in [0.4, 0.5) is 8.78 Å². The number of rotatable bonds is 1. The number of hydrogen-bond donors (Lipinski definition) is 0. The SMILES string of the molecule is Fc1ccc(C2CCCCCC2)cc1F. The molecule has 0 amide bonds. The Kier molecular flexibility index (Phi) is 3.34. The lowest BCUT2D eigenvalue weighted by Gasteiger charge is -2.14. The van der Waals surface area contributed by atoms with Crippen molar-refractivity contribution in [1.82, 2.24) is 0 Å². The predicted molar refractivity (Wildman–Crippen MR) is 56.8 cm³/mol. The summed E-state index contributed by atoms with van der Waals surface area (Å²) >= 11 is 0. The lowest BCUT2D eigenvalue weighted by atomic mass is 9.92. The molecule has 0 spiro atoms.